The molecule has 18 heavy (non-hydrogen) atoms. The van der Waals surface area contributed by atoms with Crippen molar-refractivity contribution in [2.75, 3.05) is 0 Å². The molecule has 0 bridgehead atoms. The molecule has 1 saturated carbocycles. The summed E-state index contributed by atoms with van der Waals surface area (Å²) in [5.74, 6) is -0.278. The van der Waals surface area contributed by atoms with Crippen molar-refractivity contribution in [2.45, 2.75) is 54.9 Å². The van der Waals surface area contributed by atoms with Crippen LogP contribution in [0.5, 0.6) is 0 Å². The van der Waals surface area contributed by atoms with Crippen LogP contribution in [0.15, 0.2) is 0 Å². The number of carbonyl (C=O) groups excluding carboxylic acids is 2. The van der Waals surface area contributed by atoms with Crippen LogP contribution in [0.3, 0.4) is 0 Å². The van der Waals surface area contributed by atoms with Gasteiger partial charge in [-0.05, 0) is 16.2 Å². The third-order valence-corrected chi connectivity index (χ3v) is 4.30. The summed E-state index contributed by atoms with van der Waals surface area (Å²) in [6.45, 7) is 14.3. The lowest BCUT2D eigenvalue weighted by Gasteiger charge is -2.17. The van der Waals surface area contributed by atoms with E-state index in [0.717, 1.165) is 0 Å². The van der Waals surface area contributed by atoms with E-state index < -0.39 is 0 Å². The molecule has 0 aliphatic heterocycles. The van der Waals surface area contributed by atoms with E-state index in [0.29, 0.717) is 6.42 Å². The minimum atomic E-state index is -0.146. The minimum absolute atomic E-state index is 0.00810. The summed E-state index contributed by atoms with van der Waals surface area (Å²) in [6, 6.07) is 0. The summed E-state index contributed by atoms with van der Waals surface area (Å²) in [4.78, 5) is 23.6. The molecule has 2 N–H and O–H groups in total. The Labute approximate surface area is 110 Å². The van der Waals surface area contributed by atoms with Gasteiger partial charge in [0.25, 0.3) is 0 Å². The molecule has 0 radical (unpaired) electrons. The summed E-state index contributed by atoms with van der Waals surface area (Å²) >= 11 is 0. The van der Waals surface area contributed by atoms with Crippen LogP contribution in [0.1, 0.15) is 54.9 Å². The molecule has 0 aromatic carbocycles. The predicted molar refractivity (Wildman–Crippen MR) is 71.4 cm³/mol. The highest BCUT2D eigenvalue weighted by atomic mass is 16.2. The van der Waals surface area contributed by atoms with E-state index >= 15 is 0 Å². The molecule has 1 aliphatic rings. The summed E-state index contributed by atoms with van der Waals surface area (Å²) in [7, 11) is 0. The number of nitrogens with one attached hydrogen (secondary N) is 2. The van der Waals surface area contributed by atoms with Crippen LogP contribution < -0.4 is 10.9 Å². The van der Waals surface area contributed by atoms with Crippen LogP contribution in [0, 0.1) is 22.2 Å². The summed E-state index contributed by atoms with van der Waals surface area (Å²) in [6.07, 6.45) is 0.394. The second-order valence-electron chi connectivity index (χ2n) is 7.65. The van der Waals surface area contributed by atoms with Crippen molar-refractivity contribution < 1.29 is 9.59 Å². The first-order valence-corrected chi connectivity index (χ1v) is 6.48. The first kappa shape index (κ1) is 15.0. The minimum Gasteiger partial charge on any atom is -0.273 e. The summed E-state index contributed by atoms with van der Waals surface area (Å²) in [5.41, 5.74) is 4.94. The van der Waals surface area contributed by atoms with Crippen LogP contribution in [-0.4, -0.2) is 11.8 Å². The zero-order chi connectivity index (χ0) is 14.4. The number of carbonyl (C=O) groups is 2. The number of rotatable bonds is 2. The molecule has 1 fully saturated rings. The van der Waals surface area contributed by atoms with Crippen LogP contribution in [-0.2, 0) is 9.59 Å². The molecule has 0 aromatic heterocycles. The first-order chi connectivity index (χ1) is 7.89. The molecular formula is C14H26N2O2. The van der Waals surface area contributed by atoms with E-state index in [-0.39, 0.29) is 34.0 Å². The number of amides is 2. The number of hydrogen-bond acceptors (Lipinski definition) is 2. The topological polar surface area (TPSA) is 58.2 Å². The molecule has 1 rings (SSSR count). The molecule has 0 heterocycles. The van der Waals surface area contributed by atoms with Crippen molar-refractivity contribution in [3.8, 4) is 0 Å². The second kappa shape index (κ2) is 4.25. The fourth-order valence-corrected chi connectivity index (χ4v) is 2.58. The van der Waals surface area contributed by atoms with Crippen molar-refractivity contribution in [1.29, 1.82) is 0 Å². The molecule has 0 saturated heterocycles. The Morgan fingerprint density at radius 3 is 1.78 bits per heavy atom. The van der Waals surface area contributed by atoms with Gasteiger partial charge >= 0.3 is 0 Å². The zero-order valence-corrected chi connectivity index (χ0v) is 12.6. The third kappa shape index (κ3) is 2.85. The van der Waals surface area contributed by atoms with Crippen LogP contribution in [0.25, 0.3) is 0 Å². The highest BCUT2D eigenvalue weighted by Crippen LogP contribution is 2.68. The highest BCUT2D eigenvalue weighted by Gasteiger charge is 2.68. The lowest BCUT2D eigenvalue weighted by Crippen LogP contribution is -2.44. The van der Waals surface area contributed by atoms with Gasteiger partial charge in [-0.3, -0.25) is 20.4 Å². The zero-order valence-electron chi connectivity index (χ0n) is 12.6. The molecule has 4 nitrogen and oxygen atoms in total. The van der Waals surface area contributed by atoms with E-state index in [4.69, 9.17) is 0 Å². The number of hydrazine groups is 1. The van der Waals surface area contributed by atoms with Gasteiger partial charge in [-0.25, -0.2) is 0 Å². The lowest BCUT2D eigenvalue weighted by molar-refractivity contribution is -0.131. The SMILES string of the molecule is CC(C)(C)CC(=O)NNC(=O)C1C(C)(C)C1(C)C. The average Bonchev–Trinajstić information content (AvgIpc) is 2.51. The second-order valence-corrected chi connectivity index (χ2v) is 7.65. The van der Waals surface area contributed by atoms with Gasteiger partial charge in [0.05, 0.1) is 5.92 Å². The van der Waals surface area contributed by atoms with Crippen molar-refractivity contribution in [3.05, 3.63) is 0 Å². The van der Waals surface area contributed by atoms with Crippen molar-refractivity contribution >= 4 is 11.8 Å². The predicted octanol–water partition coefficient (Wildman–Crippen LogP) is 2.25. The van der Waals surface area contributed by atoms with Crippen LogP contribution >= 0.6 is 0 Å². The molecule has 104 valence electrons. The Bertz CT molecular complexity index is 350. The Kier molecular flexibility index (Phi) is 3.54. The largest absolute Gasteiger partial charge is 0.273 e. The van der Waals surface area contributed by atoms with E-state index in [2.05, 4.69) is 38.5 Å². The average molecular weight is 254 g/mol. The van der Waals surface area contributed by atoms with E-state index in [9.17, 15) is 9.59 Å². The van der Waals surface area contributed by atoms with E-state index in [1.165, 1.54) is 0 Å². The smallest absolute Gasteiger partial charge is 0.242 e. The van der Waals surface area contributed by atoms with Gasteiger partial charge in [-0.2, -0.15) is 0 Å². The molecule has 2 amide bonds. The van der Waals surface area contributed by atoms with E-state index in [1.807, 2.05) is 20.8 Å². The van der Waals surface area contributed by atoms with Gasteiger partial charge < -0.3 is 0 Å². The summed E-state index contributed by atoms with van der Waals surface area (Å²) in [5, 5.41) is 0. The van der Waals surface area contributed by atoms with Crippen molar-refractivity contribution in [2.24, 2.45) is 22.2 Å². The molecular weight excluding hydrogens is 228 g/mol. The fraction of sp³-hybridized carbons (Fsp3) is 0.857. The van der Waals surface area contributed by atoms with Gasteiger partial charge in [0.2, 0.25) is 11.8 Å². The third-order valence-electron chi connectivity index (χ3n) is 4.30. The Morgan fingerprint density at radius 2 is 1.44 bits per heavy atom. The lowest BCUT2D eigenvalue weighted by atomic mass is 9.92. The maximum Gasteiger partial charge on any atom is 0.242 e. The highest BCUT2D eigenvalue weighted by molar-refractivity contribution is 5.86. The standard InChI is InChI=1S/C14H26N2O2/c1-12(2,3)8-9(17)15-16-11(18)10-13(4,5)14(10,6)7/h10H,8H2,1-7H3,(H,15,17)(H,16,18). The molecule has 1 aliphatic carbocycles. The molecule has 0 spiro atoms. The van der Waals surface area contributed by atoms with Gasteiger partial charge in [-0.15, -0.1) is 0 Å². The molecule has 4 heteroatoms. The van der Waals surface area contributed by atoms with Crippen LogP contribution in [0.2, 0.25) is 0 Å². The van der Waals surface area contributed by atoms with Gasteiger partial charge in [0.15, 0.2) is 0 Å². The van der Waals surface area contributed by atoms with Crippen molar-refractivity contribution in [1.82, 2.24) is 10.9 Å². The Morgan fingerprint density at radius 1 is 1.00 bits per heavy atom. The Balaban J connectivity index is 2.43. The van der Waals surface area contributed by atoms with Gasteiger partial charge in [-0.1, -0.05) is 48.5 Å². The van der Waals surface area contributed by atoms with Gasteiger partial charge in [0, 0.05) is 6.42 Å². The van der Waals surface area contributed by atoms with E-state index in [1.54, 1.807) is 0 Å². The quantitative estimate of drug-likeness (QED) is 0.743. The Hall–Kier alpha value is -1.06. The number of hydrogen-bond donors (Lipinski definition) is 2. The monoisotopic (exact) mass is 254 g/mol. The maximum absolute atomic E-state index is 12.0. The fourth-order valence-electron chi connectivity index (χ4n) is 2.58. The molecule has 0 unspecified atom stereocenters. The maximum atomic E-state index is 12.0. The van der Waals surface area contributed by atoms with Crippen molar-refractivity contribution in [3.63, 3.8) is 0 Å². The molecule has 0 aromatic rings. The molecule has 0 atom stereocenters. The summed E-state index contributed by atoms with van der Waals surface area (Å²) < 4.78 is 0. The normalized spacial score (nSPS) is 21.3. The van der Waals surface area contributed by atoms with Crippen LogP contribution in [0.4, 0.5) is 0 Å². The van der Waals surface area contributed by atoms with Gasteiger partial charge in [0.1, 0.15) is 0 Å². The first-order valence-electron chi connectivity index (χ1n) is 6.48.